The van der Waals surface area contributed by atoms with Crippen LogP contribution in [-0.4, -0.2) is 44.2 Å². The summed E-state index contributed by atoms with van der Waals surface area (Å²) < 4.78 is 5.52. The van der Waals surface area contributed by atoms with Crippen LogP contribution in [0.4, 0.5) is 5.69 Å². The second kappa shape index (κ2) is 5.60. The van der Waals surface area contributed by atoms with Crippen molar-refractivity contribution in [3.8, 4) is 0 Å². The molecule has 0 spiro atoms. The van der Waals surface area contributed by atoms with Gasteiger partial charge < -0.3 is 20.7 Å². The lowest BCUT2D eigenvalue weighted by Gasteiger charge is -2.23. The van der Waals surface area contributed by atoms with Gasteiger partial charge in [-0.3, -0.25) is 9.59 Å². The average molecular weight is 275 g/mol. The van der Waals surface area contributed by atoms with E-state index in [9.17, 15) is 9.59 Å². The predicted molar refractivity (Wildman–Crippen MR) is 73.7 cm³/mol. The molecule has 20 heavy (non-hydrogen) atoms. The molecular formula is C14H17N3O3. The van der Waals surface area contributed by atoms with Gasteiger partial charge in [0.15, 0.2) is 0 Å². The van der Waals surface area contributed by atoms with Crippen molar-refractivity contribution in [3.05, 3.63) is 29.3 Å². The van der Waals surface area contributed by atoms with Gasteiger partial charge in [-0.2, -0.15) is 0 Å². The molecule has 2 amide bonds. The lowest BCUT2D eigenvalue weighted by Crippen LogP contribution is -2.45. The normalized spacial score (nSPS) is 21.2. The molecule has 3 N–H and O–H groups in total. The summed E-state index contributed by atoms with van der Waals surface area (Å²) in [5.41, 5.74) is 2.22. The van der Waals surface area contributed by atoms with Crippen molar-refractivity contribution in [3.63, 3.8) is 0 Å². The molecular weight excluding hydrogens is 258 g/mol. The second-order valence-electron chi connectivity index (χ2n) is 5.00. The van der Waals surface area contributed by atoms with Gasteiger partial charge in [-0.15, -0.1) is 0 Å². The molecule has 0 aliphatic carbocycles. The molecule has 1 fully saturated rings. The average Bonchev–Trinajstić information content (AvgIpc) is 2.85. The lowest BCUT2D eigenvalue weighted by atomic mass is 10.1. The highest BCUT2D eigenvalue weighted by Gasteiger charge is 2.20. The molecule has 0 saturated carbocycles. The van der Waals surface area contributed by atoms with Crippen LogP contribution in [0.2, 0.25) is 0 Å². The van der Waals surface area contributed by atoms with Crippen LogP contribution in [0.1, 0.15) is 15.9 Å². The summed E-state index contributed by atoms with van der Waals surface area (Å²) in [6.45, 7) is 2.76. The Bertz CT molecular complexity index is 538. The maximum atomic E-state index is 12.1. The first-order valence-corrected chi connectivity index (χ1v) is 6.75. The third-order valence-corrected chi connectivity index (χ3v) is 3.49. The molecule has 6 nitrogen and oxygen atoms in total. The molecule has 0 bridgehead atoms. The Labute approximate surface area is 116 Å². The second-order valence-corrected chi connectivity index (χ2v) is 5.00. The van der Waals surface area contributed by atoms with Crippen molar-refractivity contribution in [2.45, 2.75) is 12.5 Å². The molecule has 2 aliphatic rings. The van der Waals surface area contributed by atoms with E-state index in [2.05, 4.69) is 16.0 Å². The summed E-state index contributed by atoms with van der Waals surface area (Å²) in [6.07, 6.45) is 0.403. The minimum atomic E-state index is -0.150. The van der Waals surface area contributed by atoms with Gasteiger partial charge in [0, 0.05) is 30.9 Å². The van der Waals surface area contributed by atoms with Crippen LogP contribution < -0.4 is 16.0 Å². The minimum absolute atomic E-state index is 0.0156. The summed E-state index contributed by atoms with van der Waals surface area (Å²) in [5, 5.41) is 8.81. The van der Waals surface area contributed by atoms with Gasteiger partial charge in [0.25, 0.3) is 5.91 Å². The van der Waals surface area contributed by atoms with Crippen molar-refractivity contribution in [1.82, 2.24) is 10.6 Å². The van der Waals surface area contributed by atoms with E-state index >= 15 is 0 Å². The molecule has 2 aliphatic heterocycles. The number of hydrogen-bond acceptors (Lipinski definition) is 4. The van der Waals surface area contributed by atoms with Crippen LogP contribution >= 0.6 is 0 Å². The molecule has 1 saturated heterocycles. The first-order chi connectivity index (χ1) is 9.72. The number of nitrogens with one attached hydrogen (secondary N) is 3. The molecule has 0 aromatic heterocycles. The first-order valence-electron chi connectivity index (χ1n) is 6.75. The monoisotopic (exact) mass is 275 g/mol. The molecule has 1 atom stereocenters. The van der Waals surface area contributed by atoms with E-state index in [1.807, 2.05) is 6.07 Å². The molecule has 1 aromatic carbocycles. The van der Waals surface area contributed by atoms with Crippen molar-refractivity contribution in [2.75, 3.05) is 31.6 Å². The summed E-state index contributed by atoms with van der Waals surface area (Å²) in [4.78, 5) is 23.3. The Morgan fingerprint density at radius 1 is 1.45 bits per heavy atom. The third-order valence-electron chi connectivity index (χ3n) is 3.49. The standard InChI is InChI=1S/C14H17N3O3/c18-13-6-9-1-2-10(5-12(9)17-13)14(19)16-8-11-7-15-3-4-20-11/h1-2,5,11,15H,3-4,6-8H2,(H,16,19)(H,17,18). The Kier molecular flexibility index (Phi) is 3.66. The van der Waals surface area contributed by atoms with Crippen LogP contribution in [0, 0.1) is 0 Å². The molecule has 6 heteroatoms. The zero-order chi connectivity index (χ0) is 13.9. The number of fused-ring (bicyclic) bond motifs is 1. The lowest BCUT2D eigenvalue weighted by molar-refractivity contribution is -0.115. The topological polar surface area (TPSA) is 79.5 Å². The van der Waals surface area contributed by atoms with Crippen LogP contribution in [0.3, 0.4) is 0 Å². The molecule has 3 rings (SSSR count). The maximum Gasteiger partial charge on any atom is 0.251 e. The number of ether oxygens (including phenoxy) is 1. The van der Waals surface area contributed by atoms with E-state index in [4.69, 9.17) is 4.74 Å². The number of anilines is 1. The van der Waals surface area contributed by atoms with Gasteiger partial charge in [-0.05, 0) is 17.7 Å². The van der Waals surface area contributed by atoms with Gasteiger partial charge in [0.1, 0.15) is 0 Å². The fourth-order valence-corrected chi connectivity index (χ4v) is 2.42. The summed E-state index contributed by atoms with van der Waals surface area (Å²) in [6, 6.07) is 5.28. The zero-order valence-electron chi connectivity index (χ0n) is 11.1. The van der Waals surface area contributed by atoms with E-state index in [1.165, 1.54) is 0 Å². The van der Waals surface area contributed by atoms with Crippen molar-refractivity contribution >= 4 is 17.5 Å². The largest absolute Gasteiger partial charge is 0.374 e. The van der Waals surface area contributed by atoms with Crippen LogP contribution in [0.25, 0.3) is 0 Å². The number of morpholine rings is 1. The summed E-state index contributed by atoms with van der Waals surface area (Å²) in [5.74, 6) is -0.178. The van der Waals surface area contributed by atoms with Gasteiger partial charge in [0.2, 0.25) is 5.91 Å². The number of benzene rings is 1. The molecule has 2 heterocycles. The highest BCUT2D eigenvalue weighted by Crippen LogP contribution is 2.23. The summed E-state index contributed by atoms with van der Waals surface area (Å²) >= 11 is 0. The van der Waals surface area contributed by atoms with E-state index in [0.29, 0.717) is 25.1 Å². The fraction of sp³-hybridized carbons (Fsp3) is 0.429. The minimum Gasteiger partial charge on any atom is -0.374 e. The van der Waals surface area contributed by atoms with Crippen molar-refractivity contribution in [2.24, 2.45) is 0 Å². The highest BCUT2D eigenvalue weighted by molar-refractivity contribution is 6.02. The molecule has 0 radical (unpaired) electrons. The van der Waals surface area contributed by atoms with Crippen LogP contribution in [0.5, 0.6) is 0 Å². The van der Waals surface area contributed by atoms with Gasteiger partial charge in [0.05, 0.1) is 19.1 Å². The Morgan fingerprint density at radius 3 is 3.15 bits per heavy atom. The number of carbonyl (C=O) groups is 2. The number of hydrogen-bond donors (Lipinski definition) is 3. The van der Waals surface area contributed by atoms with E-state index in [1.54, 1.807) is 12.1 Å². The maximum absolute atomic E-state index is 12.1. The van der Waals surface area contributed by atoms with Crippen molar-refractivity contribution < 1.29 is 14.3 Å². The van der Waals surface area contributed by atoms with E-state index < -0.39 is 0 Å². The SMILES string of the molecule is O=C1Cc2ccc(C(=O)NCC3CNCCO3)cc2N1. The van der Waals surface area contributed by atoms with Crippen LogP contribution in [-0.2, 0) is 16.0 Å². The number of rotatable bonds is 3. The molecule has 106 valence electrons. The fourth-order valence-electron chi connectivity index (χ4n) is 2.42. The van der Waals surface area contributed by atoms with E-state index in [0.717, 1.165) is 24.3 Å². The third kappa shape index (κ3) is 2.81. The smallest absolute Gasteiger partial charge is 0.251 e. The number of amides is 2. The molecule has 1 unspecified atom stereocenters. The molecule has 1 aromatic rings. The quantitative estimate of drug-likeness (QED) is 0.719. The predicted octanol–water partition coefficient (Wildman–Crippen LogP) is -0.101. The number of carbonyl (C=O) groups excluding carboxylic acids is 2. The summed E-state index contributed by atoms with van der Waals surface area (Å²) in [7, 11) is 0. The van der Waals surface area contributed by atoms with Crippen molar-refractivity contribution in [1.29, 1.82) is 0 Å². The van der Waals surface area contributed by atoms with Gasteiger partial charge >= 0.3 is 0 Å². The zero-order valence-corrected chi connectivity index (χ0v) is 11.1. The Balaban J connectivity index is 1.60. The van der Waals surface area contributed by atoms with Gasteiger partial charge in [-0.25, -0.2) is 0 Å². The Morgan fingerprint density at radius 2 is 2.35 bits per heavy atom. The van der Waals surface area contributed by atoms with Gasteiger partial charge in [-0.1, -0.05) is 6.07 Å². The van der Waals surface area contributed by atoms with Crippen LogP contribution in [0.15, 0.2) is 18.2 Å². The highest BCUT2D eigenvalue weighted by atomic mass is 16.5. The first kappa shape index (κ1) is 13.1. The Hall–Kier alpha value is -1.92. The van der Waals surface area contributed by atoms with E-state index in [-0.39, 0.29) is 17.9 Å².